The molecule has 5 nitrogen and oxygen atoms in total. The number of hydrogen-bond acceptors (Lipinski definition) is 3. The number of hydrogen-bond donors (Lipinski definition) is 1. The molecule has 0 radical (unpaired) electrons. The summed E-state index contributed by atoms with van der Waals surface area (Å²) in [5.41, 5.74) is 3.26. The summed E-state index contributed by atoms with van der Waals surface area (Å²) < 4.78 is 1.73. The standard InChI is InChI=1S/C11H9BrN4O/c12-6-8-10-5-11(17)13-7-3-1-2-4-9(7)16(10)15-14-8/h1-4H,5-6H2,(H,13,17). The van der Waals surface area contributed by atoms with E-state index in [1.165, 1.54) is 0 Å². The van der Waals surface area contributed by atoms with Crippen LogP contribution >= 0.6 is 15.9 Å². The van der Waals surface area contributed by atoms with E-state index in [1.54, 1.807) is 4.68 Å². The van der Waals surface area contributed by atoms with Crippen LogP contribution in [-0.4, -0.2) is 20.9 Å². The van der Waals surface area contributed by atoms with Crippen LogP contribution in [0.1, 0.15) is 11.4 Å². The van der Waals surface area contributed by atoms with Crippen molar-refractivity contribution in [3.05, 3.63) is 35.7 Å². The first-order chi connectivity index (χ1) is 8.29. The van der Waals surface area contributed by atoms with Gasteiger partial charge in [-0.2, -0.15) is 0 Å². The number of benzene rings is 1. The predicted octanol–water partition coefficient (Wildman–Crippen LogP) is 1.66. The van der Waals surface area contributed by atoms with Gasteiger partial charge in [0.25, 0.3) is 0 Å². The minimum Gasteiger partial charge on any atom is -0.324 e. The first kappa shape index (κ1) is 10.5. The SMILES string of the molecule is O=C1Cc2c(CBr)nnn2-c2ccccc2N1. The maximum absolute atomic E-state index is 11.8. The van der Waals surface area contributed by atoms with E-state index in [0.717, 1.165) is 22.8 Å². The molecule has 0 saturated carbocycles. The van der Waals surface area contributed by atoms with E-state index in [2.05, 4.69) is 31.6 Å². The molecule has 1 aliphatic heterocycles. The Kier molecular flexibility index (Phi) is 2.44. The summed E-state index contributed by atoms with van der Waals surface area (Å²) >= 11 is 3.35. The van der Waals surface area contributed by atoms with Gasteiger partial charge >= 0.3 is 0 Å². The number of halogens is 1. The Hall–Kier alpha value is -1.69. The van der Waals surface area contributed by atoms with E-state index in [9.17, 15) is 4.79 Å². The molecule has 6 heteroatoms. The van der Waals surface area contributed by atoms with Gasteiger partial charge in [0, 0.05) is 5.33 Å². The zero-order valence-corrected chi connectivity index (χ0v) is 10.4. The van der Waals surface area contributed by atoms with Gasteiger partial charge in [0.15, 0.2) is 0 Å². The second kappa shape index (κ2) is 3.96. The Balaban J connectivity index is 2.26. The van der Waals surface area contributed by atoms with Crippen molar-refractivity contribution in [2.24, 2.45) is 0 Å². The number of carbonyl (C=O) groups excluding carboxylic acids is 1. The first-order valence-electron chi connectivity index (χ1n) is 5.18. The highest BCUT2D eigenvalue weighted by molar-refractivity contribution is 9.08. The third-order valence-corrected chi connectivity index (χ3v) is 3.24. The molecule has 1 amide bonds. The highest BCUT2D eigenvalue weighted by Gasteiger charge is 2.22. The number of alkyl halides is 1. The van der Waals surface area contributed by atoms with Crippen molar-refractivity contribution in [3.63, 3.8) is 0 Å². The predicted molar refractivity (Wildman–Crippen MR) is 66.3 cm³/mol. The average Bonchev–Trinajstić information content (AvgIpc) is 2.66. The summed E-state index contributed by atoms with van der Waals surface area (Å²) in [5.74, 6) is -0.0410. The lowest BCUT2D eigenvalue weighted by molar-refractivity contribution is -0.115. The number of aromatic nitrogens is 3. The molecule has 2 aromatic rings. The summed E-state index contributed by atoms with van der Waals surface area (Å²) in [5, 5.41) is 11.6. The zero-order valence-electron chi connectivity index (χ0n) is 8.85. The molecule has 2 heterocycles. The monoisotopic (exact) mass is 292 g/mol. The highest BCUT2D eigenvalue weighted by Crippen LogP contribution is 2.25. The number of nitrogens with zero attached hydrogens (tertiary/aromatic N) is 3. The largest absolute Gasteiger partial charge is 0.324 e. The maximum Gasteiger partial charge on any atom is 0.230 e. The number of amides is 1. The van der Waals surface area contributed by atoms with Crippen LogP contribution in [0.5, 0.6) is 0 Å². The van der Waals surface area contributed by atoms with Crippen molar-refractivity contribution < 1.29 is 4.79 Å². The van der Waals surface area contributed by atoms with Gasteiger partial charge in [-0.3, -0.25) is 4.79 Å². The molecule has 1 aromatic carbocycles. The molecule has 1 aliphatic rings. The number of carbonyl (C=O) groups is 1. The Bertz CT molecular complexity index is 593. The lowest BCUT2D eigenvalue weighted by Crippen LogP contribution is -2.13. The number of anilines is 1. The van der Waals surface area contributed by atoms with Gasteiger partial charge in [0.2, 0.25) is 5.91 Å². The second-order valence-corrected chi connectivity index (χ2v) is 4.33. The van der Waals surface area contributed by atoms with Crippen LogP contribution in [0.15, 0.2) is 24.3 Å². The Morgan fingerprint density at radius 1 is 1.41 bits per heavy atom. The normalized spacial score (nSPS) is 13.6. The molecule has 0 unspecified atom stereocenters. The molecule has 17 heavy (non-hydrogen) atoms. The molecular weight excluding hydrogens is 284 g/mol. The van der Waals surface area contributed by atoms with Crippen LogP contribution in [0.25, 0.3) is 5.69 Å². The van der Waals surface area contributed by atoms with Crippen molar-refractivity contribution in [2.75, 3.05) is 5.32 Å². The summed E-state index contributed by atoms with van der Waals surface area (Å²) in [4.78, 5) is 11.8. The molecule has 0 fully saturated rings. The fraction of sp³-hybridized carbons (Fsp3) is 0.182. The Labute approximate surface area is 106 Å². The molecule has 1 aromatic heterocycles. The lowest BCUT2D eigenvalue weighted by atomic mass is 10.2. The van der Waals surface area contributed by atoms with Crippen LogP contribution in [0.4, 0.5) is 5.69 Å². The van der Waals surface area contributed by atoms with Gasteiger partial charge < -0.3 is 5.32 Å². The van der Waals surface area contributed by atoms with Gasteiger partial charge in [-0.15, -0.1) is 5.10 Å². The molecule has 1 N–H and O–H groups in total. The Morgan fingerprint density at radius 3 is 3.06 bits per heavy atom. The minimum absolute atomic E-state index is 0.0410. The van der Waals surface area contributed by atoms with Crippen molar-refractivity contribution >= 4 is 27.5 Å². The fourth-order valence-corrected chi connectivity index (χ4v) is 2.35. The molecule has 0 aliphatic carbocycles. The fourth-order valence-electron chi connectivity index (χ4n) is 1.92. The van der Waals surface area contributed by atoms with Gasteiger partial charge in [-0.1, -0.05) is 33.3 Å². The minimum atomic E-state index is -0.0410. The van der Waals surface area contributed by atoms with E-state index >= 15 is 0 Å². The molecule has 3 rings (SSSR count). The zero-order chi connectivity index (χ0) is 11.8. The maximum atomic E-state index is 11.8. The van der Waals surface area contributed by atoms with Crippen molar-refractivity contribution in [1.29, 1.82) is 0 Å². The quantitative estimate of drug-likeness (QED) is 0.813. The molecule has 0 bridgehead atoms. The number of fused-ring (bicyclic) bond motifs is 3. The number of para-hydroxylation sites is 2. The van der Waals surface area contributed by atoms with Crippen LogP contribution in [0, 0.1) is 0 Å². The summed E-state index contributed by atoms with van der Waals surface area (Å²) in [7, 11) is 0. The van der Waals surface area contributed by atoms with E-state index in [1.807, 2.05) is 24.3 Å². The summed E-state index contributed by atoms with van der Waals surface area (Å²) in [6.07, 6.45) is 0.294. The van der Waals surface area contributed by atoms with Crippen LogP contribution in [0.2, 0.25) is 0 Å². The van der Waals surface area contributed by atoms with E-state index < -0.39 is 0 Å². The summed E-state index contributed by atoms with van der Waals surface area (Å²) in [6, 6.07) is 7.57. The lowest BCUT2D eigenvalue weighted by Gasteiger charge is -2.06. The smallest absolute Gasteiger partial charge is 0.230 e. The average molecular weight is 293 g/mol. The summed E-state index contributed by atoms with van der Waals surface area (Å²) in [6.45, 7) is 0. The van der Waals surface area contributed by atoms with Gasteiger partial charge in [0.1, 0.15) is 0 Å². The first-order valence-corrected chi connectivity index (χ1v) is 6.30. The Morgan fingerprint density at radius 2 is 2.24 bits per heavy atom. The topological polar surface area (TPSA) is 59.8 Å². The van der Waals surface area contributed by atoms with E-state index in [0.29, 0.717) is 11.8 Å². The van der Waals surface area contributed by atoms with Gasteiger partial charge in [0.05, 0.1) is 29.2 Å². The molecule has 86 valence electrons. The van der Waals surface area contributed by atoms with Crippen LogP contribution in [0.3, 0.4) is 0 Å². The van der Waals surface area contributed by atoms with Crippen molar-refractivity contribution in [3.8, 4) is 5.69 Å². The van der Waals surface area contributed by atoms with Gasteiger partial charge in [-0.05, 0) is 12.1 Å². The molecular formula is C11H9BrN4O. The third-order valence-electron chi connectivity index (χ3n) is 2.70. The number of rotatable bonds is 1. The molecule has 0 saturated heterocycles. The molecule has 0 spiro atoms. The second-order valence-electron chi connectivity index (χ2n) is 3.77. The van der Waals surface area contributed by atoms with Crippen molar-refractivity contribution in [2.45, 2.75) is 11.8 Å². The molecule has 0 atom stereocenters. The third kappa shape index (κ3) is 1.64. The van der Waals surface area contributed by atoms with Gasteiger partial charge in [-0.25, -0.2) is 4.68 Å². The van der Waals surface area contributed by atoms with E-state index in [-0.39, 0.29) is 5.91 Å². The van der Waals surface area contributed by atoms with Crippen molar-refractivity contribution in [1.82, 2.24) is 15.0 Å². The number of nitrogens with one attached hydrogen (secondary N) is 1. The van der Waals surface area contributed by atoms with Crippen LogP contribution in [-0.2, 0) is 16.5 Å². The highest BCUT2D eigenvalue weighted by atomic mass is 79.9. The van der Waals surface area contributed by atoms with E-state index in [4.69, 9.17) is 0 Å². The van der Waals surface area contributed by atoms with Crippen LogP contribution < -0.4 is 5.32 Å².